The molecule has 1 aromatic rings. The Balaban J connectivity index is 1.98. The van der Waals surface area contributed by atoms with Crippen molar-refractivity contribution in [2.24, 2.45) is 0 Å². The minimum absolute atomic E-state index is 0.236. The molecule has 2 heteroatoms. The Kier molecular flexibility index (Phi) is 4.19. The smallest absolute Gasteiger partial charge is 0.0814 e. The van der Waals surface area contributed by atoms with Crippen LogP contribution >= 0.6 is 0 Å². The van der Waals surface area contributed by atoms with Crippen LogP contribution in [-0.4, -0.2) is 17.8 Å². The Bertz CT molecular complexity index is 367. The highest BCUT2D eigenvalue weighted by Gasteiger charge is 2.19. The van der Waals surface area contributed by atoms with Crippen molar-refractivity contribution in [3.63, 3.8) is 0 Å². The van der Waals surface area contributed by atoms with Crippen LogP contribution in [0.5, 0.6) is 0 Å². The number of benzene rings is 1. The molecule has 1 fully saturated rings. The Morgan fingerprint density at radius 2 is 2.12 bits per heavy atom. The van der Waals surface area contributed by atoms with Crippen LogP contribution in [0.15, 0.2) is 18.2 Å². The van der Waals surface area contributed by atoms with E-state index in [9.17, 15) is 5.11 Å². The average Bonchev–Trinajstić information content (AvgIpc) is 2.34. The molecule has 2 rings (SSSR count). The number of hydrogen-bond acceptors (Lipinski definition) is 2. The van der Waals surface area contributed by atoms with E-state index in [4.69, 9.17) is 4.74 Å². The summed E-state index contributed by atoms with van der Waals surface area (Å²) in [5.74, 6) is 0. The SMILES string of the molecule is Cc1ccc(C(O)CC2CCCCO2)cc1C. The van der Waals surface area contributed by atoms with Crippen LogP contribution in [-0.2, 0) is 4.74 Å². The van der Waals surface area contributed by atoms with E-state index in [1.807, 2.05) is 6.07 Å². The molecule has 0 bridgehead atoms. The molecule has 94 valence electrons. The zero-order valence-electron chi connectivity index (χ0n) is 10.8. The second kappa shape index (κ2) is 5.65. The minimum atomic E-state index is -0.391. The maximum Gasteiger partial charge on any atom is 0.0814 e. The van der Waals surface area contributed by atoms with Gasteiger partial charge in [-0.1, -0.05) is 18.2 Å². The summed E-state index contributed by atoms with van der Waals surface area (Å²) in [4.78, 5) is 0. The van der Waals surface area contributed by atoms with Gasteiger partial charge in [0.25, 0.3) is 0 Å². The molecule has 1 aliphatic heterocycles. The van der Waals surface area contributed by atoms with Crippen molar-refractivity contribution >= 4 is 0 Å². The standard InChI is InChI=1S/C15H22O2/c1-11-6-7-13(9-12(11)2)15(16)10-14-5-3-4-8-17-14/h6-7,9,14-16H,3-5,8,10H2,1-2H3. The summed E-state index contributed by atoms with van der Waals surface area (Å²) in [6.07, 6.45) is 4.04. The molecule has 0 aromatic heterocycles. The zero-order valence-corrected chi connectivity index (χ0v) is 10.8. The molecule has 1 aromatic carbocycles. The maximum atomic E-state index is 10.2. The van der Waals surface area contributed by atoms with Crippen molar-refractivity contribution in [1.82, 2.24) is 0 Å². The summed E-state index contributed by atoms with van der Waals surface area (Å²) in [6.45, 7) is 5.03. The quantitative estimate of drug-likeness (QED) is 0.869. The van der Waals surface area contributed by atoms with Gasteiger partial charge in [-0.25, -0.2) is 0 Å². The van der Waals surface area contributed by atoms with Crippen LogP contribution in [0.3, 0.4) is 0 Å². The summed E-state index contributed by atoms with van der Waals surface area (Å²) in [5, 5.41) is 10.2. The van der Waals surface area contributed by atoms with E-state index < -0.39 is 6.10 Å². The first-order valence-electron chi connectivity index (χ1n) is 6.53. The number of aliphatic hydroxyl groups excluding tert-OH is 1. The van der Waals surface area contributed by atoms with Crippen molar-refractivity contribution in [1.29, 1.82) is 0 Å². The molecule has 0 radical (unpaired) electrons. The number of aryl methyl sites for hydroxylation is 2. The number of hydrogen-bond donors (Lipinski definition) is 1. The molecule has 0 saturated carbocycles. The molecule has 1 saturated heterocycles. The predicted molar refractivity (Wildman–Crippen MR) is 69.1 cm³/mol. The van der Waals surface area contributed by atoms with Crippen LogP contribution in [0.1, 0.15) is 48.5 Å². The minimum Gasteiger partial charge on any atom is -0.388 e. The normalized spacial score (nSPS) is 22.4. The highest BCUT2D eigenvalue weighted by atomic mass is 16.5. The van der Waals surface area contributed by atoms with Crippen molar-refractivity contribution in [3.05, 3.63) is 34.9 Å². The Morgan fingerprint density at radius 3 is 2.76 bits per heavy atom. The first-order valence-corrected chi connectivity index (χ1v) is 6.53. The molecule has 1 aliphatic rings. The van der Waals surface area contributed by atoms with Crippen molar-refractivity contribution < 1.29 is 9.84 Å². The van der Waals surface area contributed by atoms with Crippen molar-refractivity contribution in [2.75, 3.05) is 6.61 Å². The van der Waals surface area contributed by atoms with E-state index in [2.05, 4.69) is 26.0 Å². The monoisotopic (exact) mass is 234 g/mol. The molecule has 0 spiro atoms. The van der Waals surface area contributed by atoms with Gasteiger partial charge >= 0.3 is 0 Å². The lowest BCUT2D eigenvalue weighted by molar-refractivity contribution is -0.0155. The van der Waals surface area contributed by atoms with E-state index in [1.165, 1.54) is 17.5 Å². The second-order valence-corrected chi connectivity index (χ2v) is 5.08. The molecule has 1 N–H and O–H groups in total. The highest BCUT2D eigenvalue weighted by Crippen LogP contribution is 2.25. The van der Waals surface area contributed by atoms with E-state index >= 15 is 0 Å². The lowest BCUT2D eigenvalue weighted by atomic mass is 9.96. The van der Waals surface area contributed by atoms with Gasteiger partial charge < -0.3 is 9.84 Å². The second-order valence-electron chi connectivity index (χ2n) is 5.08. The van der Waals surface area contributed by atoms with Gasteiger partial charge in [-0.05, 0) is 49.8 Å². The molecule has 17 heavy (non-hydrogen) atoms. The van der Waals surface area contributed by atoms with E-state index in [0.717, 1.165) is 31.4 Å². The third-order valence-electron chi connectivity index (χ3n) is 3.68. The highest BCUT2D eigenvalue weighted by molar-refractivity contribution is 5.31. The van der Waals surface area contributed by atoms with Crippen molar-refractivity contribution in [3.8, 4) is 0 Å². The molecule has 1 heterocycles. The van der Waals surface area contributed by atoms with Crippen LogP contribution in [0.4, 0.5) is 0 Å². The van der Waals surface area contributed by atoms with Gasteiger partial charge in [0.1, 0.15) is 0 Å². The molecule has 2 nitrogen and oxygen atoms in total. The van der Waals surface area contributed by atoms with Crippen LogP contribution in [0, 0.1) is 13.8 Å². The predicted octanol–water partition coefficient (Wildman–Crippen LogP) is 3.30. The topological polar surface area (TPSA) is 29.5 Å². The third-order valence-corrected chi connectivity index (χ3v) is 3.68. The Labute approximate surface area is 104 Å². The Hall–Kier alpha value is -0.860. The molecular weight excluding hydrogens is 212 g/mol. The molecular formula is C15H22O2. The van der Waals surface area contributed by atoms with Gasteiger partial charge in [0.15, 0.2) is 0 Å². The fourth-order valence-electron chi connectivity index (χ4n) is 2.35. The van der Waals surface area contributed by atoms with E-state index in [0.29, 0.717) is 0 Å². The lowest BCUT2D eigenvalue weighted by Gasteiger charge is -2.25. The van der Waals surface area contributed by atoms with Gasteiger partial charge in [-0.2, -0.15) is 0 Å². The molecule has 2 unspecified atom stereocenters. The zero-order chi connectivity index (χ0) is 12.3. The fourth-order valence-corrected chi connectivity index (χ4v) is 2.35. The van der Waals surface area contributed by atoms with Gasteiger partial charge in [-0.15, -0.1) is 0 Å². The molecule has 0 aliphatic carbocycles. The number of aliphatic hydroxyl groups is 1. The van der Waals surface area contributed by atoms with Gasteiger partial charge in [0.05, 0.1) is 12.2 Å². The van der Waals surface area contributed by atoms with Crippen LogP contribution in [0.25, 0.3) is 0 Å². The summed E-state index contributed by atoms with van der Waals surface area (Å²) in [5.41, 5.74) is 3.53. The molecule has 0 amide bonds. The van der Waals surface area contributed by atoms with Gasteiger partial charge in [-0.3, -0.25) is 0 Å². The van der Waals surface area contributed by atoms with Crippen molar-refractivity contribution in [2.45, 2.75) is 51.7 Å². The van der Waals surface area contributed by atoms with E-state index in [-0.39, 0.29) is 6.10 Å². The van der Waals surface area contributed by atoms with E-state index in [1.54, 1.807) is 0 Å². The van der Waals surface area contributed by atoms with Crippen LogP contribution < -0.4 is 0 Å². The van der Waals surface area contributed by atoms with Gasteiger partial charge in [0, 0.05) is 13.0 Å². The third kappa shape index (κ3) is 3.30. The number of ether oxygens (including phenoxy) is 1. The summed E-state index contributed by atoms with van der Waals surface area (Å²) in [7, 11) is 0. The van der Waals surface area contributed by atoms with Crippen LogP contribution in [0.2, 0.25) is 0 Å². The largest absolute Gasteiger partial charge is 0.388 e. The summed E-state index contributed by atoms with van der Waals surface area (Å²) >= 11 is 0. The Morgan fingerprint density at radius 1 is 1.29 bits per heavy atom. The first-order chi connectivity index (χ1) is 8.16. The summed E-state index contributed by atoms with van der Waals surface area (Å²) in [6, 6.07) is 6.19. The number of rotatable bonds is 3. The van der Waals surface area contributed by atoms with Gasteiger partial charge in [0.2, 0.25) is 0 Å². The lowest BCUT2D eigenvalue weighted by Crippen LogP contribution is -2.21. The fraction of sp³-hybridized carbons (Fsp3) is 0.600. The average molecular weight is 234 g/mol. The summed E-state index contributed by atoms with van der Waals surface area (Å²) < 4.78 is 5.66. The molecule has 2 atom stereocenters. The first kappa shape index (κ1) is 12.6. The maximum absolute atomic E-state index is 10.2.